The molecule has 3 amide bonds. The van der Waals surface area contributed by atoms with Crippen LogP contribution in [0.1, 0.15) is 58.3 Å². The molecule has 3 fully saturated rings. The summed E-state index contributed by atoms with van der Waals surface area (Å²) in [6, 6.07) is -0.702. The largest absolute Gasteiger partial charge is 0.342 e. The van der Waals surface area contributed by atoms with Crippen LogP contribution in [0.2, 0.25) is 0 Å². The zero-order valence-corrected chi connectivity index (χ0v) is 15.7. The van der Waals surface area contributed by atoms with Gasteiger partial charge in [-0.2, -0.15) is 0 Å². The Morgan fingerprint density at radius 1 is 0.962 bits per heavy atom. The number of rotatable bonds is 2. The highest BCUT2D eigenvalue weighted by Crippen LogP contribution is 2.33. The second kappa shape index (κ2) is 8.09. The van der Waals surface area contributed by atoms with Crippen molar-refractivity contribution in [3.8, 4) is 0 Å². The summed E-state index contributed by atoms with van der Waals surface area (Å²) in [5.41, 5.74) is 0. The molecule has 2 aliphatic heterocycles. The predicted molar refractivity (Wildman–Crippen MR) is 95.0 cm³/mol. The number of amides is 3. The number of carbonyl (C=O) groups excluding carboxylic acids is 2. The van der Waals surface area contributed by atoms with Crippen molar-refractivity contribution < 1.29 is 18.4 Å². The quantitative estimate of drug-likeness (QED) is 0.810. The van der Waals surface area contributed by atoms with Crippen molar-refractivity contribution in [1.29, 1.82) is 0 Å². The van der Waals surface area contributed by atoms with Crippen molar-refractivity contribution in [2.75, 3.05) is 26.2 Å². The zero-order chi connectivity index (χ0) is 18.7. The Hall–Kier alpha value is -1.40. The average molecular weight is 371 g/mol. The molecule has 7 heteroatoms. The Kier molecular flexibility index (Phi) is 6.03. The van der Waals surface area contributed by atoms with Crippen LogP contribution in [0, 0.1) is 11.8 Å². The van der Waals surface area contributed by atoms with E-state index >= 15 is 0 Å². The number of nitrogens with one attached hydrogen (secondary N) is 1. The van der Waals surface area contributed by atoms with Gasteiger partial charge in [0, 0.05) is 51.0 Å². The molecule has 0 aromatic carbocycles. The zero-order valence-electron chi connectivity index (χ0n) is 15.7. The highest BCUT2D eigenvalue weighted by Gasteiger charge is 2.38. The van der Waals surface area contributed by atoms with Gasteiger partial charge in [0.1, 0.15) is 0 Å². The molecule has 0 spiro atoms. The Balaban J connectivity index is 1.43. The minimum absolute atomic E-state index is 0.00790. The standard InChI is InChI=1S/C19H31F2N3O2/c1-14-4-9-23(10-5-14)17(25)15-6-11-24(12-7-15)18(26)22-16-3-2-8-19(20,21)13-16/h14-16H,2-13H2,1H3,(H,22,26). The first-order valence-electron chi connectivity index (χ1n) is 10.1. The van der Waals surface area contributed by atoms with Crippen molar-refractivity contribution in [2.24, 2.45) is 11.8 Å². The van der Waals surface area contributed by atoms with E-state index in [1.165, 1.54) is 0 Å². The van der Waals surface area contributed by atoms with E-state index in [4.69, 9.17) is 0 Å². The van der Waals surface area contributed by atoms with Crippen LogP contribution in [0.3, 0.4) is 0 Å². The van der Waals surface area contributed by atoms with E-state index in [0.717, 1.165) is 25.9 Å². The van der Waals surface area contributed by atoms with Gasteiger partial charge in [-0.15, -0.1) is 0 Å². The molecule has 3 rings (SSSR count). The summed E-state index contributed by atoms with van der Waals surface area (Å²) in [5, 5.41) is 2.77. The monoisotopic (exact) mass is 371 g/mol. The van der Waals surface area contributed by atoms with Gasteiger partial charge in [-0.05, 0) is 44.4 Å². The minimum Gasteiger partial charge on any atom is -0.342 e. The van der Waals surface area contributed by atoms with Crippen LogP contribution >= 0.6 is 0 Å². The number of alkyl halides is 2. The van der Waals surface area contributed by atoms with Gasteiger partial charge in [0.2, 0.25) is 11.8 Å². The fraction of sp³-hybridized carbons (Fsp3) is 0.895. The smallest absolute Gasteiger partial charge is 0.317 e. The lowest BCUT2D eigenvalue weighted by molar-refractivity contribution is -0.138. The van der Waals surface area contributed by atoms with Crippen LogP contribution in [0.25, 0.3) is 0 Å². The second-order valence-electron chi connectivity index (χ2n) is 8.37. The number of hydrogen-bond acceptors (Lipinski definition) is 2. The Bertz CT molecular complexity index is 513. The summed E-state index contributed by atoms with van der Waals surface area (Å²) in [7, 11) is 0. The molecule has 0 aromatic rings. The topological polar surface area (TPSA) is 52.7 Å². The third kappa shape index (κ3) is 4.86. The number of nitrogens with zero attached hydrogens (tertiary/aromatic N) is 2. The number of likely N-dealkylation sites (tertiary alicyclic amines) is 2. The van der Waals surface area contributed by atoms with Crippen molar-refractivity contribution in [3.05, 3.63) is 0 Å². The molecule has 2 heterocycles. The first-order valence-corrected chi connectivity index (χ1v) is 10.1. The molecule has 148 valence electrons. The van der Waals surface area contributed by atoms with Crippen molar-refractivity contribution >= 4 is 11.9 Å². The van der Waals surface area contributed by atoms with Crippen LogP contribution in [0.15, 0.2) is 0 Å². The fourth-order valence-corrected chi connectivity index (χ4v) is 4.38. The molecule has 1 atom stereocenters. The predicted octanol–water partition coefficient (Wildman–Crippen LogP) is 3.24. The Morgan fingerprint density at radius 2 is 1.58 bits per heavy atom. The maximum absolute atomic E-state index is 13.5. The van der Waals surface area contributed by atoms with Crippen molar-refractivity contribution in [2.45, 2.75) is 70.3 Å². The highest BCUT2D eigenvalue weighted by molar-refractivity contribution is 5.80. The summed E-state index contributed by atoms with van der Waals surface area (Å²) < 4.78 is 27.0. The van der Waals surface area contributed by atoms with Gasteiger partial charge in [-0.1, -0.05) is 6.92 Å². The Morgan fingerprint density at radius 3 is 2.19 bits per heavy atom. The van der Waals surface area contributed by atoms with Crippen LogP contribution in [-0.4, -0.2) is 59.9 Å². The lowest BCUT2D eigenvalue weighted by atomic mass is 9.92. The summed E-state index contributed by atoms with van der Waals surface area (Å²) in [4.78, 5) is 28.7. The van der Waals surface area contributed by atoms with E-state index in [0.29, 0.717) is 44.7 Å². The molecular weight excluding hydrogens is 340 g/mol. The maximum Gasteiger partial charge on any atom is 0.317 e. The fourth-order valence-electron chi connectivity index (χ4n) is 4.38. The lowest BCUT2D eigenvalue weighted by Gasteiger charge is -2.37. The SMILES string of the molecule is CC1CCN(C(=O)C2CCN(C(=O)NC3CCCC(F)(F)C3)CC2)CC1. The van der Waals surface area contributed by atoms with E-state index in [9.17, 15) is 18.4 Å². The minimum atomic E-state index is -2.67. The molecule has 1 unspecified atom stereocenters. The number of piperidine rings is 2. The Labute approximate surface area is 154 Å². The molecule has 3 aliphatic rings. The van der Waals surface area contributed by atoms with E-state index in [-0.39, 0.29) is 30.7 Å². The molecule has 26 heavy (non-hydrogen) atoms. The third-order valence-corrected chi connectivity index (χ3v) is 6.19. The van der Waals surface area contributed by atoms with Crippen LogP contribution in [0.5, 0.6) is 0 Å². The number of urea groups is 1. The van der Waals surface area contributed by atoms with Gasteiger partial charge >= 0.3 is 6.03 Å². The molecule has 1 aliphatic carbocycles. The van der Waals surface area contributed by atoms with Gasteiger partial charge in [0.25, 0.3) is 0 Å². The highest BCUT2D eigenvalue weighted by atomic mass is 19.3. The number of carbonyl (C=O) groups is 2. The van der Waals surface area contributed by atoms with Crippen LogP contribution < -0.4 is 5.32 Å². The molecule has 2 saturated heterocycles. The molecule has 0 aromatic heterocycles. The third-order valence-electron chi connectivity index (χ3n) is 6.19. The summed E-state index contributed by atoms with van der Waals surface area (Å²) in [6.45, 7) is 4.96. The lowest BCUT2D eigenvalue weighted by Crippen LogP contribution is -2.51. The van der Waals surface area contributed by atoms with E-state index < -0.39 is 12.0 Å². The van der Waals surface area contributed by atoms with E-state index in [1.54, 1.807) is 4.90 Å². The normalized spacial score (nSPS) is 28.0. The van der Waals surface area contributed by atoms with Gasteiger partial charge in [0.15, 0.2) is 0 Å². The summed E-state index contributed by atoms with van der Waals surface area (Å²) >= 11 is 0. The number of hydrogen-bond donors (Lipinski definition) is 1. The number of halogens is 2. The van der Waals surface area contributed by atoms with Crippen LogP contribution in [-0.2, 0) is 4.79 Å². The van der Waals surface area contributed by atoms with E-state index in [1.807, 2.05) is 4.90 Å². The van der Waals surface area contributed by atoms with Crippen molar-refractivity contribution in [1.82, 2.24) is 15.1 Å². The molecule has 0 radical (unpaired) electrons. The summed E-state index contributed by atoms with van der Waals surface area (Å²) in [5.74, 6) is -1.76. The van der Waals surface area contributed by atoms with E-state index in [2.05, 4.69) is 12.2 Å². The summed E-state index contributed by atoms with van der Waals surface area (Å²) in [6.07, 6.45) is 4.19. The maximum atomic E-state index is 13.5. The average Bonchev–Trinajstić information content (AvgIpc) is 2.61. The first-order chi connectivity index (χ1) is 12.3. The van der Waals surface area contributed by atoms with Gasteiger partial charge < -0.3 is 15.1 Å². The molecular formula is C19H31F2N3O2. The molecule has 5 nitrogen and oxygen atoms in total. The molecule has 1 N–H and O–H groups in total. The van der Waals surface area contributed by atoms with Crippen LogP contribution in [0.4, 0.5) is 13.6 Å². The van der Waals surface area contributed by atoms with Gasteiger partial charge in [-0.25, -0.2) is 13.6 Å². The van der Waals surface area contributed by atoms with Gasteiger partial charge in [-0.3, -0.25) is 4.79 Å². The van der Waals surface area contributed by atoms with Gasteiger partial charge in [0.05, 0.1) is 0 Å². The second-order valence-corrected chi connectivity index (χ2v) is 8.37. The molecule has 1 saturated carbocycles. The van der Waals surface area contributed by atoms with Crippen molar-refractivity contribution in [3.63, 3.8) is 0 Å². The first kappa shape index (κ1) is 19.4. The molecule has 0 bridgehead atoms.